The minimum Gasteiger partial charge on any atom is -0.492 e. The van der Waals surface area contributed by atoms with Gasteiger partial charge in [0.25, 0.3) is 5.91 Å². The highest BCUT2D eigenvalue weighted by atomic mass is 16.5. The van der Waals surface area contributed by atoms with Crippen LogP contribution in [-0.4, -0.2) is 64.5 Å². The molecule has 0 aliphatic carbocycles. The highest BCUT2D eigenvalue weighted by Gasteiger charge is 2.24. The molecule has 25 heavy (non-hydrogen) atoms. The van der Waals surface area contributed by atoms with Gasteiger partial charge in [0.05, 0.1) is 44.6 Å². The zero-order chi connectivity index (χ0) is 17.5. The fraction of sp³-hybridized carbons (Fsp3) is 0.632. The first kappa shape index (κ1) is 18.0. The van der Waals surface area contributed by atoms with E-state index in [1.165, 1.54) is 4.90 Å². The van der Waals surface area contributed by atoms with Crippen LogP contribution in [0.4, 0.5) is 5.69 Å². The van der Waals surface area contributed by atoms with Crippen molar-refractivity contribution in [3.05, 3.63) is 24.3 Å². The first-order valence-electron chi connectivity index (χ1n) is 9.45. The van der Waals surface area contributed by atoms with Gasteiger partial charge in [0.1, 0.15) is 5.75 Å². The van der Waals surface area contributed by atoms with Gasteiger partial charge in [0, 0.05) is 13.2 Å². The van der Waals surface area contributed by atoms with E-state index in [0.29, 0.717) is 19.7 Å². The van der Waals surface area contributed by atoms with Crippen LogP contribution in [0.5, 0.6) is 5.75 Å². The molecule has 0 radical (unpaired) electrons. The van der Waals surface area contributed by atoms with Crippen molar-refractivity contribution in [1.29, 1.82) is 0 Å². The van der Waals surface area contributed by atoms with Crippen molar-refractivity contribution in [2.45, 2.75) is 25.9 Å². The van der Waals surface area contributed by atoms with Crippen LogP contribution in [0.1, 0.15) is 19.8 Å². The fourth-order valence-electron chi connectivity index (χ4n) is 3.56. The number of ether oxygens (including phenoxy) is 2. The van der Waals surface area contributed by atoms with Crippen molar-refractivity contribution < 1.29 is 19.2 Å². The first-order valence-corrected chi connectivity index (χ1v) is 9.45. The Kier molecular flexibility index (Phi) is 6.53. The summed E-state index contributed by atoms with van der Waals surface area (Å²) < 4.78 is 11.3. The van der Waals surface area contributed by atoms with Crippen LogP contribution in [0.25, 0.3) is 0 Å². The van der Waals surface area contributed by atoms with Crippen molar-refractivity contribution in [3.8, 4) is 5.75 Å². The highest BCUT2D eigenvalue weighted by Crippen LogP contribution is 2.27. The second-order valence-corrected chi connectivity index (χ2v) is 6.75. The van der Waals surface area contributed by atoms with E-state index in [1.54, 1.807) is 0 Å². The molecule has 0 aromatic heterocycles. The number of hydrogen-bond acceptors (Lipinski definition) is 4. The molecule has 0 unspecified atom stereocenters. The van der Waals surface area contributed by atoms with Crippen LogP contribution >= 0.6 is 0 Å². The Morgan fingerprint density at radius 3 is 2.88 bits per heavy atom. The van der Waals surface area contributed by atoms with Crippen molar-refractivity contribution in [3.63, 3.8) is 0 Å². The molecular formula is C19H30N3O3+. The average molecular weight is 348 g/mol. The summed E-state index contributed by atoms with van der Waals surface area (Å²) in [5.74, 6) is 1.08. The lowest BCUT2D eigenvalue weighted by atomic mass is 10.2. The summed E-state index contributed by atoms with van der Waals surface area (Å²) in [6, 6.07) is 8.20. The number of carbonyl (C=O) groups is 1. The van der Waals surface area contributed by atoms with E-state index in [0.717, 1.165) is 57.1 Å². The molecule has 1 aromatic carbocycles. The normalized spacial score (nSPS) is 21.3. The van der Waals surface area contributed by atoms with Crippen LogP contribution in [-0.2, 0) is 9.53 Å². The molecule has 3 rings (SSSR count). The van der Waals surface area contributed by atoms with Gasteiger partial charge in [-0.2, -0.15) is 0 Å². The lowest BCUT2D eigenvalue weighted by Gasteiger charge is -2.34. The van der Waals surface area contributed by atoms with Gasteiger partial charge >= 0.3 is 0 Å². The maximum atomic E-state index is 12.1. The Bertz CT molecular complexity index is 553. The van der Waals surface area contributed by atoms with Gasteiger partial charge in [-0.25, -0.2) is 0 Å². The number of carbonyl (C=O) groups excluding carboxylic acids is 1. The fourth-order valence-corrected chi connectivity index (χ4v) is 3.56. The Balaban J connectivity index is 1.43. The molecule has 1 atom stereocenters. The van der Waals surface area contributed by atoms with E-state index in [1.807, 2.05) is 19.1 Å². The summed E-state index contributed by atoms with van der Waals surface area (Å²) in [6.45, 7) is 8.53. The van der Waals surface area contributed by atoms with E-state index in [9.17, 15) is 4.79 Å². The molecule has 1 amide bonds. The van der Waals surface area contributed by atoms with Crippen LogP contribution in [0, 0.1) is 0 Å². The summed E-state index contributed by atoms with van der Waals surface area (Å²) in [5.41, 5.74) is 1.16. The highest BCUT2D eigenvalue weighted by molar-refractivity contribution is 5.76. The van der Waals surface area contributed by atoms with Crippen molar-refractivity contribution in [1.82, 2.24) is 5.32 Å². The van der Waals surface area contributed by atoms with Gasteiger partial charge in [-0.3, -0.25) is 4.79 Å². The van der Waals surface area contributed by atoms with E-state index < -0.39 is 0 Å². The maximum absolute atomic E-state index is 12.1. The van der Waals surface area contributed by atoms with Crippen LogP contribution < -0.4 is 19.9 Å². The number of anilines is 1. The minimum atomic E-state index is 0.133. The number of nitrogens with one attached hydrogen (secondary N) is 2. The van der Waals surface area contributed by atoms with Gasteiger partial charge in [-0.1, -0.05) is 12.1 Å². The number of para-hydroxylation sites is 2. The average Bonchev–Trinajstić information content (AvgIpc) is 3.15. The van der Waals surface area contributed by atoms with Gasteiger partial charge in [-0.15, -0.1) is 0 Å². The first-order chi connectivity index (χ1) is 12.3. The second-order valence-electron chi connectivity index (χ2n) is 6.75. The Morgan fingerprint density at radius 1 is 1.36 bits per heavy atom. The van der Waals surface area contributed by atoms with Gasteiger partial charge in [0.15, 0.2) is 6.54 Å². The Labute approximate surface area is 150 Å². The van der Waals surface area contributed by atoms with Gasteiger partial charge in [0.2, 0.25) is 0 Å². The summed E-state index contributed by atoms with van der Waals surface area (Å²) in [4.78, 5) is 15.8. The standard InChI is InChI=1S/C19H29N3O3/c1-2-24-18-8-4-3-7-17(18)22-11-9-21(10-12-22)15-19(23)20-14-16-6-5-13-25-16/h3-4,7-8,16H,2,5-6,9-15H2,1H3,(H,20,23)/p+1/t16-/m0/s1. The van der Waals surface area contributed by atoms with E-state index >= 15 is 0 Å². The zero-order valence-corrected chi connectivity index (χ0v) is 15.1. The Morgan fingerprint density at radius 2 is 2.16 bits per heavy atom. The number of piperazine rings is 1. The number of rotatable bonds is 7. The number of nitrogens with zero attached hydrogens (tertiary/aromatic N) is 1. The van der Waals surface area contributed by atoms with Gasteiger partial charge < -0.3 is 24.6 Å². The quantitative estimate of drug-likeness (QED) is 0.733. The number of benzene rings is 1. The zero-order valence-electron chi connectivity index (χ0n) is 15.1. The van der Waals surface area contributed by atoms with E-state index in [2.05, 4.69) is 22.3 Å². The summed E-state index contributed by atoms with van der Waals surface area (Å²) in [7, 11) is 0. The molecule has 138 valence electrons. The monoisotopic (exact) mass is 348 g/mol. The number of quaternary nitrogens is 1. The van der Waals surface area contributed by atoms with Crippen LogP contribution in [0.15, 0.2) is 24.3 Å². The molecule has 2 saturated heterocycles. The third-order valence-corrected chi connectivity index (χ3v) is 4.94. The summed E-state index contributed by atoms with van der Waals surface area (Å²) >= 11 is 0. The lowest BCUT2D eigenvalue weighted by molar-refractivity contribution is -0.892. The minimum absolute atomic E-state index is 0.133. The molecule has 6 heteroatoms. The smallest absolute Gasteiger partial charge is 0.275 e. The van der Waals surface area contributed by atoms with Crippen molar-refractivity contribution in [2.75, 3.05) is 57.4 Å². The van der Waals surface area contributed by atoms with E-state index in [-0.39, 0.29) is 12.0 Å². The molecule has 6 nitrogen and oxygen atoms in total. The van der Waals surface area contributed by atoms with Gasteiger partial charge in [-0.05, 0) is 31.9 Å². The molecule has 1 aromatic rings. The molecule has 2 aliphatic rings. The SMILES string of the molecule is CCOc1ccccc1N1CC[NH+](CC(=O)NC[C@@H]2CCCO2)CC1. The third kappa shape index (κ3) is 5.09. The summed E-state index contributed by atoms with van der Waals surface area (Å²) in [5, 5.41) is 3.02. The topological polar surface area (TPSA) is 55.2 Å². The summed E-state index contributed by atoms with van der Waals surface area (Å²) in [6.07, 6.45) is 2.38. The molecule has 0 bridgehead atoms. The van der Waals surface area contributed by atoms with Crippen LogP contribution in [0.3, 0.4) is 0 Å². The van der Waals surface area contributed by atoms with Crippen LogP contribution in [0.2, 0.25) is 0 Å². The second kappa shape index (κ2) is 9.06. The molecule has 2 aliphatic heterocycles. The lowest BCUT2D eigenvalue weighted by Crippen LogP contribution is -3.16. The van der Waals surface area contributed by atoms with Crippen molar-refractivity contribution >= 4 is 11.6 Å². The number of amides is 1. The van der Waals surface area contributed by atoms with Crippen molar-refractivity contribution in [2.24, 2.45) is 0 Å². The molecule has 0 spiro atoms. The third-order valence-electron chi connectivity index (χ3n) is 4.94. The number of hydrogen-bond donors (Lipinski definition) is 2. The predicted octanol–water partition coefficient (Wildman–Crippen LogP) is 0.0854. The largest absolute Gasteiger partial charge is 0.492 e. The maximum Gasteiger partial charge on any atom is 0.275 e. The molecular weight excluding hydrogens is 318 g/mol. The van der Waals surface area contributed by atoms with E-state index in [4.69, 9.17) is 9.47 Å². The predicted molar refractivity (Wildman–Crippen MR) is 97.4 cm³/mol. The molecule has 2 N–H and O–H groups in total. The molecule has 2 heterocycles. The molecule has 0 saturated carbocycles. The Hall–Kier alpha value is -1.79. The molecule has 2 fully saturated rings.